The van der Waals surface area contributed by atoms with Gasteiger partial charge in [-0.3, -0.25) is 4.99 Å². The number of nitrogens with two attached hydrogens (primary N) is 1. The second kappa shape index (κ2) is 9.78. The molecule has 0 aliphatic heterocycles. The summed E-state index contributed by atoms with van der Waals surface area (Å²) in [6.07, 6.45) is -1.36. The number of nitrogens with one attached hydrogen (secondary N) is 2. The summed E-state index contributed by atoms with van der Waals surface area (Å²) in [5, 5.41) is 2.58. The van der Waals surface area contributed by atoms with E-state index in [0.29, 0.717) is 6.42 Å². The quantitative estimate of drug-likeness (QED) is 0.303. The van der Waals surface area contributed by atoms with Crippen LogP contribution < -0.4 is 20.5 Å². The molecular formula is C15H22F3IN4O3S. The van der Waals surface area contributed by atoms with Crippen LogP contribution >= 0.6 is 24.0 Å². The van der Waals surface area contributed by atoms with Crippen LogP contribution in [-0.2, 0) is 10.0 Å². The van der Waals surface area contributed by atoms with E-state index in [1.54, 1.807) is 0 Å². The second-order valence-electron chi connectivity index (χ2n) is 6.08. The number of anilines is 1. The van der Waals surface area contributed by atoms with Gasteiger partial charge in [0.05, 0.1) is 11.9 Å². The Labute approximate surface area is 173 Å². The summed E-state index contributed by atoms with van der Waals surface area (Å²) in [7, 11) is -3.32. The zero-order chi connectivity index (χ0) is 19.4. The second-order valence-corrected chi connectivity index (χ2v) is 7.86. The van der Waals surface area contributed by atoms with Gasteiger partial charge in [-0.1, -0.05) is 18.6 Å². The first kappa shape index (κ1) is 23.8. The molecule has 27 heavy (non-hydrogen) atoms. The summed E-state index contributed by atoms with van der Waals surface area (Å²) >= 11 is 0. The van der Waals surface area contributed by atoms with Gasteiger partial charge in [0.1, 0.15) is 0 Å². The first-order chi connectivity index (χ1) is 12.0. The maximum Gasteiger partial charge on any atom is 0.573 e. The number of guanidine groups is 1. The minimum Gasteiger partial charge on any atom is -0.404 e. The smallest absolute Gasteiger partial charge is 0.404 e. The molecule has 12 heteroatoms. The Morgan fingerprint density at radius 3 is 2.63 bits per heavy atom. The van der Waals surface area contributed by atoms with E-state index in [4.69, 9.17) is 5.73 Å². The summed E-state index contributed by atoms with van der Waals surface area (Å²) in [6.45, 7) is 0.258. The molecule has 1 aromatic carbocycles. The Morgan fingerprint density at radius 1 is 1.33 bits per heavy atom. The molecule has 2 unspecified atom stereocenters. The fraction of sp³-hybridized carbons (Fsp3) is 0.533. The van der Waals surface area contributed by atoms with Crippen LogP contribution in [0.5, 0.6) is 5.75 Å². The van der Waals surface area contributed by atoms with Gasteiger partial charge in [-0.15, -0.1) is 37.1 Å². The number of sulfonamides is 1. The van der Waals surface area contributed by atoms with Crippen molar-refractivity contribution in [2.75, 3.05) is 18.1 Å². The molecule has 7 nitrogen and oxygen atoms in total. The van der Waals surface area contributed by atoms with Crippen molar-refractivity contribution < 1.29 is 26.3 Å². The zero-order valence-electron chi connectivity index (χ0n) is 14.5. The van der Waals surface area contributed by atoms with Crippen molar-refractivity contribution in [3.63, 3.8) is 0 Å². The third-order valence-corrected chi connectivity index (χ3v) is 4.63. The van der Waals surface area contributed by atoms with E-state index in [0.717, 1.165) is 25.2 Å². The Morgan fingerprint density at radius 2 is 2.00 bits per heavy atom. The highest BCUT2D eigenvalue weighted by Gasteiger charge is 2.32. The van der Waals surface area contributed by atoms with Gasteiger partial charge >= 0.3 is 6.36 Å². The van der Waals surface area contributed by atoms with Crippen molar-refractivity contribution in [3.8, 4) is 5.75 Å². The van der Waals surface area contributed by atoms with Crippen molar-refractivity contribution in [1.29, 1.82) is 0 Å². The average molecular weight is 522 g/mol. The molecule has 1 saturated carbocycles. The number of benzene rings is 1. The topological polar surface area (TPSA) is 106 Å². The third kappa shape index (κ3) is 8.51. The molecule has 0 heterocycles. The minimum absolute atomic E-state index is 0. The van der Waals surface area contributed by atoms with Crippen LogP contribution in [0.25, 0.3) is 0 Å². The summed E-state index contributed by atoms with van der Waals surface area (Å²) < 4.78 is 66.5. The van der Waals surface area contributed by atoms with Crippen molar-refractivity contribution >= 4 is 45.6 Å². The molecule has 0 saturated heterocycles. The fourth-order valence-electron chi connectivity index (χ4n) is 2.86. The molecule has 2 rings (SSSR count). The molecule has 1 aromatic rings. The molecule has 1 aliphatic carbocycles. The van der Waals surface area contributed by atoms with E-state index in [9.17, 15) is 21.6 Å². The van der Waals surface area contributed by atoms with Gasteiger partial charge in [-0.05, 0) is 30.9 Å². The van der Waals surface area contributed by atoms with E-state index in [1.807, 2.05) is 0 Å². The highest BCUT2D eigenvalue weighted by atomic mass is 127. The van der Waals surface area contributed by atoms with Crippen molar-refractivity contribution in [3.05, 3.63) is 24.3 Å². The number of nitrogens with zero attached hydrogens (tertiary/aromatic N) is 1. The van der Waals surface area contributed by atoms with Crippen molar-refractivity contribution in [1.82, 2.24) is 4.72 Å². The predicted octanol–water partition coefficient (Wildman–Crippen LogP) is 2.65. The standard InChI is InChI=1S/C15H21F3N4O3S.HI/c1-26(23,24)22-11-7-4-5-10(11)9-20-14(19)21-12-6-2-3-8-13(12)25-15(16,17)18;/h2-3,6,8,10-11,22H,4-5,7,9H2,1H3,(H3,19,20,21);1H. The fourth-order valence-corrected chi connectivity index (χ4v) is 3.72. The lowest BCUT2D eigenvalue weighted by Gasteiger charge is -2.18. The normalized spacial score (nSPS) is 20.8. The monoisotopic (exact) mass is 522 g/mol. The molecular weight excluding hydrogens is 500 g/mol. The van der Waals surface area contributed by atoms with E-state index in [-0.39, 0.29) is 54.1 Å². The van der Waals surface area contributed by atoms with Gasteiger partial charge < -0.3 is 15.8 Å². The highest BCUT2D eigenvalue weighted by Crippen LogP contribution is 2.30. The molecule has 0 radical (unpaired) electrons. The number of hydrogen-bond acceptors (Lipinski definition) is 4. The van der Waals surface area contributed by atoms with Crippen LogP contribution in [0.4, 0.5) is 18.9 Å². The molecule has 154 valence electrons. The summed E-state index contributed by atoms with van der Waals surface area (Å²) in [5.41, 5.74) is 5.78. The van der Waals surface area contributed by atoms with Crippen LogP contribution in [-0.4, -0.2) is 39.6 Å². The lowest BCUT2D eigenvalue weighted by molar-refractivity contribution is -0.274. The summed E-state index contributed by atoms with van der Waals surface area (Å²) in [4.78, 5) is 4.13. The molecule has 0 spiro atoms. The lowest BCUT2D eigenvalue weighted by Crippen LogP contribution is -2.38. The largest absolute Gasteiger partial charge is 0.573 e. The van der Waals surface area contributed by atoms with E-state index >= 15 is 0 Å². The molecule has 0 bridgehead atoms. The Hall–Kier alpha value is -1.28. The Kier molecular flexibility index (Phi) is 8.60. The van der Waals surface area contributed by atoms with Gasteiger partial charge in [0.2, 0.25) is 10.0 Å². The highest BCUT2D eigenvalue weighted by molar-refractivity contribution is 14.0. The molecule has 2 atom stereocenters. The number of alkyl halides is 3. The van der Waals surface area contributed by atoms with Gasteiger partial charge in [-0.25, -0.2) is 13.1 Å². The first-order valence-corrected chi connectivity index (χ1v) is 9.81. The first-order valence-electron chi connectivity index (χ1n) is 7.92. The average Bonchev–Trinajstić information content (AvgIpc) is 2.91. The number of hydrogen-bond donors (Lipinski definition) is 3. The molecule has 1 aliphatic rings. The van der Waals surface area contributed by atoms with Crippen LogP contribution in [0, 0.1) is 5.92 Å². The van der Waals surface area contributed by atoms with Crippen LogP contribution in [0.3, 0.4) is 0 Å². The number of halogens is 4. The van der Waals surface area contributed by atoms with Gasteiger partial charge in [0, 0.05) is 12.6 Å². The van der Waals surface area contributed by atoms with E-state index in [2.05, 4.69) is 19.8 Å². The molecule has 0 aromatic heterocycles. The maximum atomic E-state index is 12.4. The zero-order valence-corrected chi connectivity index (χ0v) is 17.6. The summed E-state index contributed by atoms with van der Waals surface area (Å²) in [5.74, 6) is -0.518. The Balaban J connectivity index is 0.00000364. The van der Waals surface area contributed by atoms with E-state index in [1.165, 1.54) is 18.2 Å². The summed E-state index contributed by atoms with van der Waals surface area (Å²) in [6, 6.07) is 5.25. The minimum atomic E-state index is -4.82. The SMILES string of the molecule is CS(=O)(=O)NC1CCCC1CN=C(N)Nc1ccccc1OC(F)(F)F.I. The lowest BCUT2D eigenvalue weighted by atomic mass is 10.1. The molecule has 4 N–H and O–H groups in total. The van der Waals surface area contributed by atoms with Crippen LogP contribution in [0.2, 0.25) is 0 Å². The van der Waals surface area contributed by atoms with Crippen LogP contribution in [0.15, 0.2) is 29.3 Å². The van der Waals surface area contributed by atoms with Crippen LogP contribution in [0.1, 0.15) is 19.3 Å². The predicted molar refractivity (Wildman–Crippen MR) is 108 cm³/mol. The van der Waals surface area contributed by atoms with Crippen molar-refractivity contribution in [2.24, 2.45) is 16.6 Å². The maximum absolute atomic E-state index is 12.4. The number of ether oxygens (including phenoxy) is 1. The van der Waals surface area contributed by atoms with Gasteiger partial charge in [0.25, 0.3) is 0 Å². The Bertz CT molecular complexity index is 759. The van der Waals surface area contributed by atoms with E-state index < -0.39 is 22.1 Å². The van der Waals surface area contributed by atoms with Crippen molar-refractivity contribution in [2.45, 2.75) is 31.7 Å². The number of rotatable bonds is 6. The molecule has 1 fully saturated rings. The van der Waals surface area contributed by atoms with Gasteiger partial charge in [0.15, 0.2) is 11.7 Å². The number of para-hydroxylation sites is 2. The molecule has 0 amide bonds. The third-order valence-electron chi connectivity index (χ3n) is 3.90. The van der Waals surface area contributed by atoms with Gasteiger partial charge in [-0.2, -0.15) is 0 Å². The number of aliphatic imine (C=N–C) groups is 1.